The van der Waals surface area contributed by atoms with Crippen molar-refractivity contribution < 1.29 is 22.3 Å². The maximum atomic E-state index is 14.5. The predicted octanol–water partition coefficient (Wildman–Crippen LogP) is 4.31. The Hall–Kier alpha value is -3.47. The summed E-state index contributed by atoms with van der Waals surface area (Å²) in [4.78, 5) is 20.7. The maximum Gasteiger partial charge on any atom is 0.333 e. The van der Waals surface area contributed by atoms with Crippen LogP contribution in [0.2, 0.25) is 0 Å². The number of carbonyl (C=O) groups is 1. The molecule has 2 aromatic heterocycles. The Bertz CT molecular complexity index is 1270. The Kier molecular flexibility index (Phi) is 7.01. The minimum atomic E-state index is -4.22. The van der Waals surface area contributed by atoms with Crippen molar-refractivity contribution >= 4 is 21.7 Å². The first kappa shape index (κ1) is 24.2. The molecule has 0 aliphatic heterocycles. The molecule has 3 aromatic rings. The van der Waals surface area contributed by atoms with Gasteiger partial charge >= 0.3 is 6.03 Å². The lowest BCUT2D eigenvalue weighted by Crippen LogP contribution is -2.35. The van der Waals surface area contributed by atoms with Gasteiger partial charge in [0.05, 0.1) is 19.1 Å². The van der Waals surface area contributed by atoms with Gasteiger partial charge in [-0.3, -0.25) is 0 Å². The number of carbonyl (C=O) groups excluding carboxylic acids is 1. The van der Waals surface area contributed by atoms with Crippen LogP contribution >= 0.6 is 0 Å². The molecule has 0 aliphatic carbocycles. The lowest BCUT2D eigenvalue weighted by atomic mass is 9.94. The quantitative estimate of drug-likeness (QED) is 0.526. The first-order chi connectivity index (χ1) is 15.5. The summed E-state index contributed by atoms with van der Waals surface area (Å²) in [6.45, 7) is 7.42. The fraction of sp³-hybridized carbons (Fsp3) is 0.318. The van der Waals surface area contributed by atoms with Gasteiger partial charge in [-0.1, -0.05) is 13.8 Å². The van der Waals surface area contributed by atoms with E-state index < -0.39 is 21.9 Å². The maximum absolute atomic E-state index is 14.5. The SMILES string of the molecule is COc1cc(-c2cc(F)cc(C(C)C)c2NC(=O)NS(=O)(=O)c2cn(C(C)C)cn2)ccn1. The monoisotopic (exact) mass is 475 g/mol. The van der Waals surface area contributed by atoms with E-state index in [4.69, 9.17) is 4.74 Å². The second-order valence-corrected chi connectivity index (χ2v) is 9.60. The average molecular weight is 476 g/mol. The van der Waals surface area contributed by atoms with Crippen LogP contribution in [0.25, 0.3) is 11.1 Å². The molecule has 9 nitrogen and oxygen atoms in total. The lowest BCUT2D eigenvalue weighted by Gasteiger charge is -2.19. The molecule has 0 bridgehead atoms. The summed E-state index contributed by atoms with van der Waals surface area (Å²) >= 11 is 0. The van der Waals surface area contributed by atoms with Gasteiger partial charge in [0.15, 0.2) is 5.03 Å². The summed E-state index contributed by atoms with van der Waals surface area (Å²) in [7, 11) is -2.77. The van der Waals surface area contributed by atoms with Crippen LogP contribution in [-0.4, -0.2) is 36.1 Å². The minimum Gasteiger partial charge on any atom is -0.481 e. The number of sulfonamides is 1. The number of urea groups is 1. The third-order valence-corrected chi connectivity index (χ3v) is 6.14. The van der Waals surface area contributed by atoms with Gasteiger partial charge in [-0.05, 0) is 49.1 Å². The molecule has 0 saturated carbocycles. The van der Waals surface area contributed by atoms with E-state index in [1.165, 1.54) is 38.0 Å². The van der Waals surface area contributed by atoms with Crippen LogP contribution in [0, 0.1) is 5.82 Å². The second-order valence-electron chi connectivity index (χ2n) is 7.97. The van der Waals surface area contributed by atoms with E-state index in [-0.39, 0.29) is 22.7 Å². The number of hydrogen-bond acceptors (Lipinski definition) is 6. The molecular weight excluding hydrogens is 449 g/mol. The molecule has 0 spiro atoms. The minimum absolute atomic E-state index is 0.00278. The number of rotatable bonds is 7. The topological polar surface area (TPSA) is 115 Å². The smallest absolute Gasteiger partial charge is 0.333 e. The third-order valence-electron chi connectivity index (χ3n) is 4.93. The molecular formula is C22H26FN5O4S. The van der Waals surface area contributed by atoms with Crippen LogP contribution in [0.5, 0.6) is 5.88 Å². The van der Waals surface area contributed by atoms with Crippen LogP contribution in [0.1, 0.15) is 45.2 Å². The third kappa shape index (κ3) is 5.48. The Balaban J connectivity index is 1.98. The average Bonchev–Trinajstić information content (AvgIpc) is 3.26. The number of halogens is 1. The number of methoxy groups -OCH3 is 1. The number of nitrogens with one attached hydrogen (secondary N) is 2. The van der Waals surface area contributed by atoms with Gasteiger partial charge in [-0.2, -0.15) is 8.42 Å². The molecule has 2 amide bonds. The summed E-state index contributed by atoms with van der Waals surface area (Å²) in [5.74, 6) is -0.360. The molecule has 0 unspecified atom stereocenters. The zero-order valence-corrected chi connectivity index (χ0v) is 19.8. The molecule has 176 valence electrons. The van der Waals surface area contributed by atoms with E-state index >= 15 is 0 Å². The number of imidazole rings is 1. The fourth-order valence-corrected chi connectivity index (χ4v) is 4.04. The zero-order chi connectivity index (χ0) is 24.3. The predicted molar refractivity (Wildman–Crippen MR) is 122 cm³/mol. The van der Waals surface area contributed by atoms with E-state index in [1.807, 2.05) is 32.4 Å². The van der Waals surface area contributed by atoms with Gasteiger partial charge in [-0.25, -0.2) is 23.9 Å². The van der Waals surface area contributed by atoms with Crippen molar-refractivity contribution in [2.45, 2.75) is 44.7 Å². The fourth-order valence-electron chi connectivity index (χ4n) is 3.19. The number of amides is 2. The molecule has 3 rings (SSSR count). The Morgan fingerprint density at radius 2 is 1.88 bits per heavy atom. The first-order valence-corrected chi connectivity index (χ1v) is 11.7. The Labute approximate surface area is 192 Å². The molecule has 0 atom stereocenters. The Morgan fingerprint density at radius 3 is 2.48 bits per heavy atom. The standard InChI is InChI=1S/C22H26FN5O4S/c1-13(2)17-9-16(23)10-18(15-6-7-24-19(8-15)32-5)21(17)26-22(29)27-33(30,31)20-11-28(12-25-20)14(3)4/h6-14H,1-5H3,(H2,26,27,29). The van der Waals surface area contributed by atoms with Gasteiger partial charge in [0.25, 0.3) is 10.0 Å². The second kappa shape index (κ2) is 9.57. The number of ether oxygens (including phenoxy) is 1. The van der Waals surface area contributed by atoms with Crippen molar-refractivity contribution in [3.63, 3.8) is 0 Å². The van der Waals surface area contributed by atoms with Crippen molar-refractivity contribution in [3.8, 4) is 17.0 Å². The normalized spacial score (nSPS) is 11.6. The molecule has 33 heavy (non-hydrogen) atoms. The summed E-state index contributed by atoms with van der Waals surface area (Å²) in [5, 5.41) is 2.30. The number of pyridine rings is 1. The number of hydrogen-bond donors (Lipinski definition) is 2. The number of benzene rings is 1. The summed E-state index contributed by atoms with van der Waals surface area (Å²) < 4.78 is 48.5. The van der Waals surface area contributed by atoms with E-state index in [0.29, 0.717) is 22.6 Å². The van der Waals surface area contributed by atoms with Crippen LogP contribution in [0.3, 0.4) is 0 Å². The molecule has 0 saturated heterocycles. The van der Waals surface area contributed by atoms with Crippen LogP contribution in [-0.2, 0) is 10.0 Å². The summed E-state index contributed by atoms with van der Waals surface area (Å²) in [6.07, 6.45) is 4.21. The lowest BCUT2D eigenvalue weighted by molar-refractivity contribution is 0.256. The van der Waals surface area contributed by atoms with Gasteiger partial charge in [0.1, 0.15) is 5.82 Å². The summed E-state index contributed by atoms with van der Waals surface area (Å²) in [6, 6.07) is 4.81. The highest BCUT2D eigenvalue weighted by molar-refractivity contribution is 7.90. The van der Waals surface area contributed by atoms with Crippen molar-refractivity contribution in [1.29, 1.82) is 0 Å². The highest BCUT2D eigenvalue weighted by atomic mass is 32.2. The van der Waals surface area contributed by atoms with Gasteiger partial charge in [0.2, 0.25) is 5.88 Å². The molecule has 2 heterocycles. The highest BCUT2D eigenvalue weighted by Crippen LogP contribution is 2.36. The molecule has 0 aliphatic rings. The zero-order valence-electron chi connectivity index (χ0n) is 19.0. The first-order valence-electron chi connectivity index (χ1n) is 10.2. The van der Waals surface area contributed by atoms with Crippen LogP contribution < -0.4 is 14.8 Å². The molecule has 2 N–H and O–H groups in total. The molecule has 0 fully saturated rings. The Morgan fingerprint density at radius 1 is 1.15 bits per heavy atom. The van der Waals surface area contributed by atoms with Crippen molar-refractivity contribution in [2.24, 2.45) is 0 Å². The van der Waals surface area contributed by atoms with E-state index in [9.17, 15) is 17.6 Å². The molecule has 0 radical (unpaired) electrons. The van der Waals surface area contributed by atoms with Crippen LogP contribution in [0.15, 0.2) is 48.0 Å². The van der Waals surface area contributed by atoms with Crippen molar-refractivity contribution in [2.75, 3.05) is 12.4 Å². The number of nitrogens with zero attached hydrogens (tertiary/aromatic N) is 3. The highest BCUT2D eigenvalue weighted by Gasteiger charge is 2.24. The van der Waals surface area contributed by atoms with E-state index in [2.05, 4.69) is 15.3 Å². The number of aromatic nitrogens is 3. The largest absolute Gasteiger partial charge is 0.481 e. The van der Waals surface area contributed by atoms with Gasteiger partial charge in [0, 0.05) is 30.1 Å². The van der Waals surface area contributed by atoms with Gasteiger partial charge < -0.3 is 14.6 Å². The van der Waals surface area contributed by atoms with E-state index in [0.717, 1.165) is 0 Å². The van der Waals surface area contributed by atoms with Crippen molar-refractivity contribution in [1.82, 2.24) is 19.3 Å². The molecule has 1 aromatic carbocycles. The summed E-state index contributed by atoms with van der Waals surface area (Å²) in [5.41, 5.74) is 1.67. The number of anilines is 1. The molecule has 11 heteroatoms. The van der Waals surface area contributed by atoms with Gasteiger partial charge in [-0.15, -0.1) is 0 Å². The van der Waals surface area contributed by atoms with E-state index in [1.54, 1.807) is 16.7 Å². The van der Waals surface area contributed by atoms with Crippen molar-refractivity contribution in [3.05, 3.63) is 54.4 Å². The van der Waals surface area contributed by atoms with Crippen LogP contribution in [0.4, 0.5) is 14.9 Å².